The van der Waals surface area contributed by atoms with E-state index in [0.29, 0.717) is 12.1 Å². The predicted molar refractivity (Wildman–Crippen MR) is 64.2 cm³/mol. The van der Waals surface area contributed by atoms with E-state index in [1.807, 2.05) is 13.8 Å². The molecule has 0 aromatic heterocycles. The Morgan fingerprint density at radius 1 is 1.38 bits per heavy atom. The lowest BCUT2D eigenvalue weighted by atomic mass is 10.0. The zero-order chi connectivity index (χ0) is 12.1. The largest absolute Gasteiger partial charge is 0.508 e. The third-order valence-electron chi connectivity index (χ3n) is 2.43. The minimum Gasteiger partial charge on any atom is -0.508 e. The summed E-state index contributed by atoms with van der Waals surface area (Å²) in [6, 6.07) is 6.22. The number of rotatable bonds is 4. The maximum atomic E-state index is 11.6. The Morgan fingerprint density at radius 2 is 1.94 bits per heavy atom. The molecule has 1 aromatic carbocycles. The van der Waals surface area contributed by atoms with E-state index in [2.05, 4.69) is 5.32 Å². The van der Waals surface area contributed by atoms with Crippen molar-refractivity contribution in [1.29, 1.82) is 0 Å². The summed E-state index contributed by atoms with van der Waals surface area (Å²) < 4.78 is 0. The first kappa shape index (κ1) is 12.5. The highest BCUT2D eigenvalue weighted by Crippen LogP contribution is 2.14. The maximum absolute atomic E-state index is 11.6. The van der Waals surface area contributed by atoms with Crippen molar-refractivity contribution in [3.8, 4) is 5.75 Å². The van der Waals surface area contributed by atoms with E-state index in [1.54, 1.807) is 12.1 Å². The second kappa shape index (κ2) is 5.51. The summed E-state index contributed by atoms with van der Waals surface area (Å²) in [5.41, 5.74) is 6.46. The number of hydrogen-bond acceptors (Lipinski definition) is 3. The van der Waals surface area contributed by atoms with Crippen LogP contribution in [0.15, 0.2) is 24.3 Å². The smallest absolute Gasteiger partial charge is 0.225 e. The van der Waals surface area contributed by atoms with Gasteiger partial charge in [0.25, 0.3) is 0 Å². The highest BCUT2D eigenvalue weighted by atomic mass is 16.3. The minimum atomic E-state index is -0.128. The van der Waals surface area contributed by atoms with Crippen LogP contribution < -0.4 is 11.1 Å². The standard InChI is InChI=1S/C12H18N2O2/c1-8(2)11(13)7-12(16)14-9-3-5-10(15)6-4-9/h3-6,8,11,15H,7,13H2,1-2H3,(H,14,16). The number of anilines is 1. The van der Waals surface area contributed by atoms with Crippen LogP contribution in [0.1, 0.15) is 20.3 Å². The topological polar surface area (TPSA) is 75.4 Å². The van der Waals surface area contributed by atoms with Crippen LogP contribution in [0.25, 0.3) is 0 Å². The minimum absolute atomic E-state index is 0.105. The Hall–Kier alpha value is -1.55. The number of phenolic OH excluding ortho intramolecular Hbond substituents is 1. The molecule has 1 unspecified atom stereocenters. The van der Waals surface area contributed by atoms with Gasteiger partial charge in [-0.15, -0.1) is 0 Å². The van der Waals surface area contributed by atoms with Gasteiger partial charge in [-0.05, 0) is 30.2 Å². The number of carbonyl (C=O) groups excluding carboxylic acids is 1. The van der Waals surface area contributed by atoms with Gasteiger partial charge >= 0.3 is 0 Å². The van der Waals surface area contributed by atoms with Crippen LogP contribution in [0.4, 0.5) is 5.69 Å². The van der Waals surface area contributed by atoms with Gasteiger partial charge in [-0.25, -0.2) is 0 Å². The molecule has 1 aromatic rings. The quantitative estimate of drug-likeness (QED) is 0.679. The van der Waals surface area contributed by atoms with Gasteiger partial charge in [0.05, 0.1) is 0 Å². The number of nitrogens with two attached hydrogens (primary N) is 1. The fraction of sp³-hybridized carbons (Fsp3) is 0.417. The molecule has 0 saturated carbocycles. The Labute approximate surface area is 95.5 Å². The van der Waals surface area contributed by atoms with Crippen molar-refractivity contribution in [2.45, 2.75) is 26.3 Å². The van der Waals surface area contributed by atoms with Crippen molar-refractivity contribution < 1.29 is 9.90 Å². The molecular formula is C12H18N2O2. The summed E-state index contributed by atoms with van der Waals surface area (Å²) in [7, 11) is 0. The van der Waals surface area contributed by atoms with E-state index in [0.717, 1.165) is 0 Å². The van der Waals surface area contributed by atoms with E-state index < -0.39 is 0 Å². The summed E-state index contributed by atoms with van der Waals surface area (Å²) in [5.74, 6) is 0.356. The molecule has 0 saturated heterocycles. The molecule has 0 radical (unpaired) electrons. The van der Waals surface area contributed by atoms with Crippen LogP contribution in [0.3, 0.4) is 0 Å². The Bertz CT molecular complexity index is 347. The number of aromatic hydroxyl groups is 1. The average molecular weight is 222 g/mol. The van der Waals surface area contributed by atoms with Crippen molar-refractivity contribution in [1.82, 2.24) is 0 Å². The molecule has 4 N–H and O–H groups in total. The lowest BCUT2D eigenvalue weighted by Crippen LogP contribution is -2.31. The molecule has 16 heavy (non-hydrogen) atoms. The molecule has 0 bridgehead atoms. The molecule has 0 spiro atoms. The average Bonchev–Trinajstić information content (AvgIpc) is 2.21. The van der Waals surface area contributed by atoms with Gasteiger partial charge in [0.15, 0.2) is 0 Å². The Balaban J connectivity index is 2.48. The number of carbonyl (C=O) groups is 1. The van der Waals surface area contributed by atoms with Gasteiger partial charge in [-0.3, -0.25) is 4.79 Å². The van der Waals surface area contributed by atoms with Crippen LogP contribution >= 0.6 is 0 Å². The Kier molecular flexibility index (Phi) is 4.31. The third kappa shape index (κ3) is 3.90. The van der Waals surface area contributed by atoms with Crippen LogP contribution in [0, 0.1) is 5.92 Å². The second-order valence-electron chi connectivity index (χ2n) is 4.21. The van der Waals surface area contributed by atoms with Crippen molar-refractivity contribution >= 4 is 11.6 Å². The lowest BCUT2D eigenvalue weighted by molar-refractivity contribution is -0.116. The zero-order valence-electron chi connectivity index (χ0n) is 9.60. The first-order valence-electron chi connectivity index (χ1n) is 5.33. The number of phenols is 1. The molecule has 0 fully saturated rings. The fourth-order valence-corrected chi connectivity index (χ4v) is 1.21. The van der Waals surface area contributed by atoms with Gasteiger partial charge in [0.1, 0.15) is 5.75 Å². The highest BCUT2D eigenvalue weighted by molar-refractivity contribution is 5.91. The van der Waals surface area contributed by atoms with Crippen molar-refractivity contribution in [2.24, 2.45) is 11.7 Å². The second-order valence-corrected chi connectivity index (χ2v) is 4.21. The molecule has 0 heterocycles. The molecule has 0 aliphatic heterocycles. The first-order valence-corrected chi connectivity index (χ1v) is 5.33. The van der Waals surface area contributed by atoms with Crippen molar-refractivity contribution in [2.75, 3.05) is 5.32 Å². The number of amides is 1. The molecule has 88 valence electrons. The van der Waals surface area contributed by atoms with Crippen LogP contribution in [0.5, 0.6) is 5.75 Å². The molecule has 4 nitrogen and oxygen atoms in total. The summed E-state index contributed by atoms with van der Waals surface area (Å²) in [6.07, 6.45) is 0.304. The number of hydrogen-bond donors (Lipinski definition) is 3. The summed E-state index contributed by atoms with van der Waals surface area (Å²) in [5, 5.41) is 11.8. The molecule has 1 rings (SSSR count). The highest BCUT2D eigenvalue weighted by Gasteiger charge is 2.12. The molecular weight excluding hydrogens is 204 g/mol. The van der Waals surface area contributed by atoms with Crippen LogP contribution in [0.2, 0.25) is 0 Å². The van der Waals surface area contributed by atoms with E-state index in [1.165, 1.54) is 12.1 Å². The fourth-order valence-electron chi connectivity index (χ4n) is 1.21. The monoisotopic (exact) mass is 222 g/mol. The molecule has 0 aliphatic carbocycles. The van der Waals surface area contributed by atoms with Gasteiger partial charge in [-0.1, -0.05) is 13.8 Å². The van der Waals surface area contributed by atoms with Gasteiger partial charge in [0.2, 0.25) is 5.91 Å². The lowest BCUT2D eigenvalue weighted by Gasteiger charge is -2.14. The summed E-state index contributed by atoms with van der Waals surface area (Å²) in [4.78, 5) is 11.6. The van der Waals surface area contributed by atoms with Crippen molar-refractivity contribution in [3.05, 3.63) is 24.3 Å². The SMILES string of the molecule is CC(C)C(N)CC(=O)Nc1ccc(O)cc1. The summed E-state index contributed by atoms with van der Waals surface area (Å²) >= 11 is 0. The van der Waals surface area contributed by atoms with E-state index in [-0.39, 0.29) is 23.6 Å². The third-order valence-corrected chi connectivity index (χ3v) is 2.43. The zero-order valence-corrected chi connectivity index (χ0v) is 9.60. The molecule has 4 heteroatoms. The molecule has 1 atom stereocenters. The van der Waals surface area contributed by atoms with Gasteiger partial charge < -0.3 is 16.2 Å². The maximum Gasteiger partial charge on any atom is 0.225 e. The van der Waals surface area contributed by atoms with E-state index >= 15 is 0 Å². The molecule has 0 aliphatic rings. The Morgan fingerprint density at radius 3 is 2.44 bits per heavy atom. The van der Waals surface area contributed by atoms with Gasteiger partial charge in [-0.2, -0.15) is 0 Å². The van der Waals surface area contributed by atoms with Gasteiger partial charge in [0, 0.05) is 18.2 Å². The normalized spacial score (nSPS) is 12.5. The number of nitrogens with one attached hydrogen (secondary N) is 1. The number of benzene rings is 1. The van der Waals surface area contributed by atoms with Crippen LogP contribution in [-0.4, -0.2) is 17.1 Å². The molecule has 1 amide bonds. The predicted octanol–water partition coefficient (Wildman–Crippen LogP) is 1.70. The van der Waals surface area contributed by atoms with E-state index in [4.69, 9.17) is 10.8 Å². The first-order chi connectivity index (χ1) is 7.49. The van der Waals surface area contributed by atoms with Crippen LogP contribution in [-0.2, 0) is 4.79 Å². The van der Waals surface area contributed by atoms with Crippen molar-refractivity contribution in [3.63, 3.8) is 0 Å². The summed E-state index contributed by atoms with van der Waals surface area (Å²) in [6.45, 7) is 3.97. The van der Waals surface area contributed by atoms with E-state index in [9.17, 15) is 4.79 Å².